The van der Waals surface area contributed by atoms with Crippen molar-refractivity contribution in [2.45, 2.75) is 26.3 Å². The summed E-state index contributed by atoms with van der Waals surface area (Å²) in [5, 5.41) is 3.39. The highest BCUT2D eigenvalue weighted by atomic mass is 16.5. The van der Waals surface area contributed by atoms with Gasteiger partial charge in [-0.15, -0.1) is 0 Å². The Morgan fingerprint density at radius 1 is 1.28 bits per heavy atom. The summed E-state index contributed by atoms with van der Waals surface area (Å²) in [4.78, 5) is 39.9. The molecule has 2 atom stereocenters. The number of esters is 1. The molecule has 1 aromatic carbocycles. The van der Waals surface area contributed by atoms with E-state index >= 15 is 0 Å². The van der Waals surface area contributed by atoms with Crippen LogP contribution in [0.25, 0.3) is 10.9 Å². The van der Waals surface area contributed by atoms with Gasteiger partial charge in [0.25, 0.3) is 5.91 Å². The Kier molecular flexibility index (Phi) is 6.05. The van der Waals surface area contributed by atoms with Crippen LogP contribution in [0.5, 0.6) is 0 Å². The van der Waals surface area contributed by atoms with Gasteiger partial charge in [0.1, 0.15) is 6.04 Å². The van der Waals surface area contributed by atoms with Crippen LogP contribution in [0.3, 0.4) is 0 Å². The fourth-order valence-corrected chi connectivity index (χ4v) is 2.51. The maximum atomic E-state index is 12.4. The second kappa shape index (κ2) is 8.23. The molecule has 2 aromatic rings. The summed E-state index contributed by atoms with van der Waals surface area (Å²) >= 11 is 0. The number of aromatic nitrogens is 1. The van der Waals surface area contributed by atoms with Crippen LogP contribution in [0.4, 0.5) is 0 Å². The van der Waals surface area contributed by atoms with Crippen LogP contribution in [0.1, 0.15) is 30.6 Å². The van der Waals surface area contributed by atoms with Crippen molar-refractivity contribution in [3.63, 3.8) is 0 Å². The molecule has 0 saturated carbocycles. The number of pyridine rings is 1. The van der Waals surface area contributed by atoms with Gasteiger partial charge in [0.15, 0.2) is 0 Å². The fourth-order valence-electron chi connectivity index (χ4n) is 2.51. The SMILES string of the molecule is CCOC(=O)C[C@@H](C)[C@@H](NC(=O)c1cnc2ccccc2c1)C(N)=O. The quantitative estimate of drug-likeness (QED) is 0.738. The van der Waals surface area contributed by atoms with Crippen molar-refractivity contribution in [2.75, 3.05) is 6.61 Å². The first-order chi connectivity index (χ1) is 11.9. The lowest BCUT2D eigenvalue weighted by Gasteiger charge is -2.21. The van der Waals surface area contributed by atoms with Crippen molar-refractivity contribution in [3.8, 4) is 0 Å². The number of para-hydroxylation sites is 1. The van der Waals surface area contributed by atoms with Gasteiger partial charge >= 0.3 is 5.97 Å². The largest absolute Gasteiger partial charge is 0.466 e. The maximum absolute atomic E-state index is 12.4. The molecule has 0 aliphatic heterocycles. The third-order valence-electron chi connectivity index (χ3n) is 3.81. The highest BCUT2D eigenvalue weighted by Crippen LogP contribution is 2.14. The normalized spacial score (nSPS) is 13.0. The Balaban J connectivity index is 2.13. The Bertz CT molecular complexity index is 791. The molecule has 0 bridgehead atoms. The molecular formula is C18H21N3O4. The number of hydrogen-bond acceptors (Lipinski definition) is 5. The minimum Gasteiger partial charge on any atom is -0.466 e. The van der Waals surface area contributed by atoms with E-state index in [2.05, 4.69) is 10.3 Å². The molecule has 2 amide bonds. The maximum Gasteiger partial charge on any atom is 0.306 e. The molecule has 7 nitrogen and oxygen atoms in total. The minimum atomic E-state index is -0.983. The topological polar surface area (TPSA) is 111 Å². The number of benzene rings is 1. The minimum absolute atomic E-state index is 0.0162. The molecule has 0 saturated heterocycles. The first-order valence-electron chi connectivity index (χ1n) is 8.03. The summed E-state index contributed by atoms with van der Waals surface area (Å²) in [6.07, 6.45) is 1.42. The number of hydrogen-bond donors (Lipinski definition) is 2. The standard InChI is InChI=1S/C18H21N3O4/c1-3-25-15(22)8-11(2)16(17(19)23)21-18(24)13-9-12-6-4-5-7-14(12)20-10-13/h4-7,9-11,16H,3,8H2,1-2H3,(H2,19,23)(H,21,24)/t11-,16-/m1/s1. The predicted octanol–water partition coefficient (Wildman–Crippen LogP) is 1.41. The second-order valence-electron chi connectivity index (χ2n) is 5.76. The van der Waals surface area contributed by atoms with E-state index in [0.29, 0.717) is 5.56 Å². The van der Waals surface area contributed by atoms with E-state index in [1.54, 1.807) is 19.9 Å². The van der Waals surface area contributed by atoms with Gasteiger partial charge in [-0.05, 0) is 25.0 Å². The van der Waals surface area contributed by atoms with Crippen molar-refractivity contribution in [1.82, 2.24) is 10.3 Å². The molecule has 0 radical (unpaired) electrons. The molecule has 132 valence electrons. The van der Waals surface area contributed by atoms with E-state index in [1.807, 2.05) is 24.3 Å². The smallest absolute Gasteiger partial charge is 0.306 e. The molecule has 0 aliphatic carbocycles. The molecule has 0 aliphatic rings. The van der Waals surface area contributed by atoms with E-state index in [-0.39, 0.29) is 13.0 Å². The summed E-state index contributed by atoms with van der Waals surface area (Å²) in [7, 11) is 0. The number of nitrogens with zero attached hydrogens (tertiary/aromatic N) is 1. The van der Waals surface area contributed by atoms with Gasteiger partial charge < -0.3 is 15.8 Å². The Hall–Kier alpha value is -2.96. The number of nitrogens with two attached hydrogens (primary N) is 1. The van der Waals surface area contributed by atoms with E-state index in [4.69, 9.17) is 10.5 Å². The number of rotatable bonds is 7. The average molecular weight is 343 g/mol. The van der Waals surface area contributed by atoms with Gasteiger partial charge in [0.2, 0.25) is 5.91 Å². The van der Waals surface area contributed by atoms with Crippen molar-refractivity contribution >= 4 is 28.7 Å². The van der Waals surface area contributed by atoms with Crippen LogP contribution in [-0.2, 0) is 14.3 Å². The van der Waals surface area contributed by atoms with Gasteiger partial charge in [-0.25, -0.2) is 0 Å². The van der Waals surface area contributed by atoms with E-state index in [9.17, 15) is 14.4 Å². The van der Waals surface area contributed by atoms with Crippen molar-refractivity contribution in [1.29, 1.82) is 0 Å². The van der Waals surface area contributed by atoms with Crippen LogP contribution >= 0.6 is 0 Å². The number of primary amides is 1. The summed E-state index contributed by atoms with van der Waals surface area (Å²) < 4.78 is 4.87. The van der Waals surface area contributed by atoms with Gasteiger partial charge in [-0.1, -0.05) is 25.1 Å². The van der Waals surface area contributed by atoms with Crippen LogP contribution in [0.15, 0.2) is 36.5 Å². The summed E-state index contributed by atoms with van der Waals surface area (Å²) in [6.45, 7) is 3.61. The van der Waals surface area contributed by atoms with E-state index in [0.717, 1.165) is 10.9 Å². The Morgan fingerprint density at radius 3 is 2.68 bits per heavy atom. The first-order valence-corrected chi connectivity index (χ1v) is 8.03. The fraction of sp³-hybridized carbons (Fsp3) is 0.333. The van der Waals surface area contributed by atoms with Crippen LogP contribution in [0, 0.1) is 5.92 Å². The third kappa shape index (κ3) is 4.76. The number of nitrogens with one attached hydrogen (secondary N) is 1. The van der Waals surface area contributed by atoms with Gasteiger partial charge in [0, 0.05) is 11.6 Å². The lowest BCUT2D eigenvalue weighted by atomic mass is 9.97. The zero-order valence-electron chi connectivity index (χ0n) is 14.2. The molecule has 2 rings (SSSR count). The summed E-state index contributed by atoms with van der Waals surface area (Å²) in [6, 6.07) is 8.09. The molecule has 25 heavy (non-hydrogen) atoms. The molecular weight excluding hydrogens is 322 g/mol. The molecule has 0 unspecified atom stereocenters. The van der Waals surface area contributed by atoms with Crippen molar-refractivity contribution < 1.29 is 19.1 Å². The number of ether oxygens (including phenoxy) is 1. The van der Waals surface area contributed by atoms with Crippen LogP contribution < -0.4 is 11.1 Å². The number of carbonyl (C=O) groups is 3. The van der Waals surface area contributed by atoms with Gasteiger partial charge in [0.05, 0.1) is 24.1 Å². The molecule has 1 heterocycles. The average Bonchev–Trinajstić information content (AvgIpc) is 2.58. The van der Waals surface area contributed by atoms with E-state index < -0.39 is 29.7 Å². The Labute approximate surface area is 145 Å². The van der Waals surface area contributed by atoms with Gasteiger partial charge in [-0.3, -0.25) is 19.4 Å². The third-order valence-corrected chi connectivity index (χ3v) is 3.81. The monoisotopic (exact) mass is 343 g/mol. The zero-order valence-corrected chi connectivity index (χ0v) is 14.2. The number of fused-ring (bicyclic) bond motifs is 1. The molecule has 0 spiro atoms. The predicted molar refractivity (Wildman–Crippen MR) is 92.6 cm³/mol. The highest BCUT2D eigenvalue weighted by molar-refractivity contribution is 5.99. The summed E-state index contributed by atoms with van der Waals surface area (Å²) in [5.41, 5.74) is 6.46. The molecule has 0 fully saturated rings. The van der Waals surface area contributed by atoms with Crippen LogP contribution in [-0.4, -0.2) is 35.4 Å². The van der Waals surface area contributed by atoms with E-state index in [1.165, 1.54) is 6.20 Å². The lowest BCUT2D eigenvalue weighted by Crippen LogP contribution is -2.49. The molecule has 3 N–H and O–H groups in total. The summed E-state index contributed by atoms with van der Waals surface area (Å²) in [5.74, 6) is -2.12. The lowest BCUT2D eigenvalue weighted by molar-refractivity contribution is -0.144. The zero-order chi connectivity index (χ0) is 18.4. The number of carbonyl (C=O) groups excluding carboxylic acids is 3. The first kappa shape index (κ1) is 18.4. The van der Waals surface area contributed by atoms with Crippen molar-refractivity contribution in [3.05, 3.63) is 42.1 Å². The molecule has 7 heteroatoms. The van der Waals surface area contributed by atoms with Crippen molar-refractivity contribution in [2.24, 2.45) is 11.7 Å². The highest BCUT2D eigenvalue weighted by Gasteiger charge is 2.27. The Morgan fingerprint density at radius 2 is 2.00 bits per heavy atom. The number of amides is 2. The second-order valence-corrected chi connectivity index (χ2v) is 5.76. The van der Waals surface area contributed by atoms with Gasteiger partial charge in [-0.2, -0.15) is 0 Å². The van der Waals surface area contributed by atoms with Crippen LogP contribution in [0.2, 0.25) is 0 Å². The molecule has 1 aromatic heterocycles.